The van der Waals surface area contributed by atoms with Crippen LogP contribution in [0.4, 0.5) is 0 Å². The Balaban J connectivity index is 1.54. The molecule has 6 nitrogen and oxygen atoms in total. The summed E-state index contributed by atoms with van der Waals surface area (Å²) < 4.78 is 17.6. The SMILES string of the molecule is CCCOc1ccc([C@H]2C(C(=O)OC3CCCCC3)=C(C)N=C3C[C@H](c4ccccc4)CC(=O)C32)cc1OC. The molecule has 0 bridgehead atoms. The van der Waals surface area contributed by atoms with Crippen molar-refractivity contribution < 1.29 is 23.8 Å². The molecule has 1 unspecified atom stereocenters. The number of carbonyl (C=O) groups is 2. The molecule has 5 rings (SSSR count). The van der Waals surface area contributed by atoms with Gasteiger partial charge in [0.25, 0.3) is 0 Å². The second kappa shape index (κ2) is 12.2. The summed E-state index contributed by atoms with van der Waals surface area (Å²) in [6.07, 6.45) is 6.99. The first-order valence-corrected chi connectivity index (χ1v) is 14.4. The molecule has 3 atom stereocenters. The molecule has 0 radical (unpaired) electrons. The van der Waals surface area contributed by atoms with E-state index in [2.05, 4.69) is 19.1 Å². The first kappa shape index (κ1) is 27.2. The van der Waals surface area contributed by atoms with Gasteiger partial charge in [0, 0.05) is 23.7 Å². The third-order valence-electron chi connectivity index (χ3n) is 8.28. The molecular formula is C33H39NO5. The van der Waals surface area contributed by atoms with Gasteiger partial charge in [0.1, 0.15) is 11.9 Å². The van der Waals surface area contributed by atoms with Crippen LogP contribution in [0, 0.1) is 5.92 Å². The number of rotatable bonds is 8. The number of methoxy groups -OCH3 is 1. The highest BCUT2D eigenvalue weighted by molar-refractivity contribution is 6.12. The fourth-order valence-corrected chi connectivity index (χ4v) is 6.37. The van der Waals surface area contributed by atoms with Crippen molar-refractivity contribution in [1.29, 1.82) is 0 Å². The van der Waals surface area contributed by atoms with E-state index < -0.39 is 11.8 Å². The molecule has 0 aromatic heterocycles. The molecule has 2 saturated carbocycles. The number of nitrogens with zero attached hydrogens (tertiary/aromatic N) is 1. The molecule has 2 aromatic carbocycles. The fourth-order valence-electron chi connectivity index (χ4n) is 6.37. The molecule has 0 amide bonds. The Hall–Kier alpha value is -3.41. The van der Waals surface area contributed by atoms with E-state index in [1.807, 2.05) is 43.3 Å². The molecule has 0 saturated heterocycles. The minimum Gasteiger partial charge on any atom is -0.493 e. The van der Waals surface area contributed by atoms with Crippen molar-refractivity contribution in [2.24, 2.45) is 10.9 Å². The third kappa shape index (κ3) is 5.80. The molecular weight excluding hydrogens is 490 g/mol. The third-order valence-corrected chi connectivity index (χ3v) is 8.28. The molecule has 1 aliphatic heterocycles. The smallest absolute Gasteiger partial charge is 0.336 e. The number of esters is 1. The average Bonchev–Trinajstić information content (AvgIpc) is 2.96. The second-order valence-corrected chi connectivity index (χ2v) is 11.0. The van der Waals surface area contributed by atoms with Crippen molar-refractivity contribution in [3.8, 4) is 11.5 Å². The lowest BCUT2D eigenvalue weighted by Gasteiger charge is -2.38. The minimum atomic E-state index is -0.505. The van der Waals surface area contributed by atoms with E-state index in [9.17, 15) is 9.59 Å². The van der Waals surface area contributed by atoms with Crippen LogP contribution in [0.1, 0.15) is 88.2 Å². The van der Waals surface area contributed by atoms with Gasteiger partial charge in [-0.15, -0.1) is 0 Å². The summed E-state index contributed by atoms with van der Waals surface area (Å²) in [5.74, 6) is 0.0981. The summed E-state index contributed by atoms with van der Waals surface area (Å²) in [5, 5.41) is 0. The van der Waals surface area contributed by atoms with Crippen LogP contribution in [0.2, 0.25) is 0 Å². The van der Waals surface area contributed by atoms with E-state index >= 15 is 0 Å². The van der Waals surface area contributed by atoms with E-state index in [4.69, 9.17) is 19.2 Å². The van der Waals surface area contributed by atoms with Gasteiger partial charge in [-0.1, -0.05) is 49.7 Å². The molecule has 3 aliphatic rings. The molecule has 206 valence electrons. The highest BCUT2D eigenvalue weighted by Crippen LogP contribution is 2.47. The molecule has 2 aliphatic carbocycles. The molecule has 39 heavy (non-hydrogen) atoms. The quantitative estimate of drug-likeness (QED) is 0.347. The lowest BCUT2D eigenvalue weighted by Crippen LogP contribution is -2.41. The van der Waals surface area contributed by atoms with Gasteiger partial charge >= 0.3 is 5.97 Å². The predicted octanol–water partition coefficient (Wildman–Crippen LogP) is 6.94. The Morgan fingerprint density at radius 2 is 1.72 bits per heavy atom. The number of ether oxygens (including phenoxy) is 3. The van der Waals surface area contributed by atoms with Crippen LogP contribution >= 0.6 is 0 Å². The number of aliphatic imine (C=N–C) groups is 1. The molecule has 1 heterocycles. The van der Waals surface area contributed by atoms with E-state index in [1.54, 1.807) is 7.11 Å². The maximum Gasteiger partial charge on any atom is 0.336 e. The molecule has 0 N–H and O–H groups in total. The number of allylic oxidation sites excluding steroid dienone is 1. The highest BCUT2D eigenvalue weighted by Gasteiger charge is 2.46. The first-order valence-electron chi connectivity index (χ1n) is 14.4. The van der Waals surface area contributed by atoms with Gasteiger partial charge in [0.15, 0.2) is 11.5 Å². The van der Waals surface area contributed by atoms with Crippen LogP contribution in [0.15, 0.2) is 64.8 Å². The standard InChI is InChI=1S/C33H39NO5/c1-4-17-38-28-16-15-23(20-29(28)37-3)31-30(33(36)39-25-13-9-6-10-14-25)21(2)34-26-18-24(19-27(35)32(26)31)22-11-7-5-8-12-22/h5,7-8,11-12,15-16,20,24-25,31-32H,4,6,9-10,13-14,17-19H2,1-3H3/t24-,31-,32?/m0/s1. The van der Waals surface area contributed by atoms with Crippen LogP contribution in [0.3, 0.4) is 0 Å². The number of hydrogen-bond donors (Lipinski definition) is 0. The van der Waals surface area contributed by atoms with Crippen LogP contribution in [0.5, 0.6) is 11.5 Å². The molecule has 2 fully saturated rings. The van der Waals surface area contributed by atoms with E-state index in [0.717, 1.165) is 48.9 Å². The van der Waals surface area contributed by atoms with Gasteiger partial charge in [-0.3, -0.25) is 9.79 Å². The zero-order valence-electron chi connectivity index (χ0n) is 23.3. The first-order chi connectivity index (χ1) is 19.0. The van der Waals surface area contributed by atoms with Crippen molar-refractivity contribution in [1.82, 2.24) is 0 Å². The van der Waals surface area contributed by atoms with Gasteiger partial charge in [-0.05, 0) is 74.6 Å². The number of Topliss-reactive ketones (excluding diaryl/α,β-unsaturated/α-hetero) is 1. The average molecular weight is 530 g/mol. The van der Waals surface area contributed by atoms with Crippen LogP contribution < -0.4 is 9.47 Å². The second-order valence-electron chi connectivity index (χ2n) is 11.0. The summed E-state index contributed by atoms with van der Waals surface area (Å²) in [6.45, 7) is 4.51. The van der Waals surface area contributed by atoms with Crippen LogP contribution in [-0.2, 0) is 14.3 Å². The monoisotopic (exact) mass is 529 g/mol. The van der Waals surface area contributed by atoms with E-state index in [0.29, 0.717) is 42.2 Å². The van der Waals surface area contributed by atoms with Crippen LogP contribution in [0.25, 0.3) is 0 Å². The highest BCUT2D eigenvalue weighted by atomic mass is 16.5. The van der Waals surface area contributed by atoms with Gasteiger partial charge in [-0.2, -0.15) is 0 Å². The van der Waals surface area contributed by atoms with Crippen molar-refractivity contribution >= 4 is 17.5 Å². The summed E-state index contributed by atoms with van der Waals surface area (Å²) >= 11 is 0. The topological polar surface area (TPSA) is 74.2 Å². The van der Waals surface area contributed by atoms with Gasteiger partial charge in [0.2, 0.25) is 0 Å². The summed E-state index contributed by atoms with van der Waals surface area (Å²) in [7, 11) is 1.61. The Kier molecular flexibility index (Phi) is 8.49. The summed E-state index contributed by atoms with van der Waals surface area (Å²) in [6, 6.07) is 15.9. The predicted molar refractivity (Wildman–Crippen MR) is 152 cm³/mol. The Labute approximate surface area is 231 Å². The maximum atomic E-state index is 13.9. The van der Waals surface area contributed by atoms with E-state index in [-0.39, 0.29) is 23.8 Å². The largest absolute Gasteiger partial charge is 0.493 e. The molecule has 6 heteroatoms. The fraction of sp³-hybridized carbons (Fsp3) is 0.485. The number of benzene rings is 2. The van der Waals surface area contributed by atoms with Crippen molar-refractivity contribution in [2.45, 2.75) is 83.2 Å². The Morgan fingerprint density at radius 1 is 0.949 bits per heavy atom. The number of ketones is 1. The maximum absolute atomic E-state index is 13.9. The van der Waals surface area contributed by atoms with Crippen molar-refractivity contribution in [3.63, 3.8) is 0 Å². The summed E-state index contributed by atoms with van der Waals surface area (Å²) in [4.78, 5) is 32.6. The Morgan fingerprint density at radius 3 is 2.44 bits per heavy atom. The lowest BCUT2D eigenvalue weighted by molar-refractivity contribution is -0.146. The van der Waals surface area contributed by atoms with Gasteiger partial charge < -0.3 is 14.2 Å². The zero-order chi connectivity index (χ0) is 27.4. The zero-order valence-corrected chi connectivity index (χ0v) is 23.3. The number of hydrogen-bond acceptors (Lipinski definition) is 6. The number of carbonyl (C=O) groups excluding carboxylic acids is 2. The van der Waals surface area contributed by atoms with Crippen LogP contribution in [-0.4, -0.2) is 37.3 Å². The normalized spacial score (nSPS) is 23.6. The molecule has 2 aromatic rings. The van der Waals surface area contributed by atoms with Gasteiger partial charge in [-0.25, -0.2) is 4.79 Å². The van der Waals surface area contributed by atoms with Crippen molar-refractivity contribution in [2.75, 3.05) is 13.7 Å². The molecule has 0 spiro atoms. The number of fused-ring (bicyclic) bond motifs is 1. The van der Waals surface area contributed by atoms with Crippen molar-refractivity contribution in [3.05, 3.63) is 70.9 Å². The van der Waals surface area contributed by atoms with E-state index in [1.165, 1.54) is 6.42 Å². The van der Waals surface area contributed by atoms with Gasteiger partial charge in [0.05, 0.1) is 25.2 Å². The lowest BCUT2D eigenvalue weighted by atomic mass is 9.66. The summed E-state index contributed by atoms with van der Waals surface area (Å²) in [5.41, 5.74) is 3.97. The minimum absolute atomic E-state index is 0.0808. The Bertz CT molecular complexity index is 1260.